The largest absolute Gasteiger partial charge is 0.484 e. The molecule has 1 unspecified atom stereocenters. The van der Waals surface area contributed by atoms with Crippen molar-refractivity contribution in [1.82, 2.24) is 10.3 Å². The maximum absolute atomic E-state index is 12.8. The second-order valence-corrected chi connectivity index (χ2v) is 9.10. The number of aryl methyl sites for hydroxylation is 1. The summed E-state index contributed by atoms with van der Waals surface area (Å²) >= 11 is 1.47. The highest BCUT2D eigenvalue weighted by molar-refractivity contribution is 7.15. The maximum Gasteiger partial charge on any atom is 0.262 e. The average molecular weight is 492 g/mol. The molecule has 2 aromatic carbocycles. The summed E-state index contributed by atoms with van der Waals surface area (Å²) in [5.74, 6) is -0.271. The van der Waals surface area contributed by atoms with E-state index in [1.54, 1.807) is 48.5 Å². The Balaban J connectivity index is 1.31. The Morgan fingerprint density at radius 2 is 2.03 bits per heavy atom. The molecule has 180 valence electrons. The molecule has 0 aliphatic heterocycles. The number of fused-ring (bicyclic) bond motifs is 1. The molecule has 35 heavy (non-hydrogen) atoms. The molecule has 1 heterocycles. The van der Waals surface area contributed by atoms with Crippen molar-refractivity contribution in [2.75, 3.05) is 30.4 Å². The summed E-state index contributed by atoms with van der Waals surface area (Å²) in [6, 6.07) is 15.4. The lowest BCUT2D eigenvalue weighted by molar-refractivity contribution is -0.118. The van der Waals surface area contributed by atoms with Gasteiger partial charge < -0.3 is 20.5 Å². The minimum absolute atomic E-state index is 0.109. The minimum atomic E-state index is -0.357. The van der Waals surface area contributed by atoms with Crippen molar-refractivity contribution >= 4 is 34.0 Å². The first-order valence-electron chi connectivity index (χ1n) is 11.2. The highest BCUT2D eigenvalue weighted by Crippen LogP contribution is 2.30. The van der Waals surface area contributed by atoms with E-state index in [4.69, 9.17) is 15.1 Å². The van der Waals surface area contributed by atoms with E-state index in [-0.39, 0.29) is 25.0 Å². The van der Waals surface area contributed by atoms with E-state index in [0.717, 1.165) is 29.8 Å². The number of amides is 2. The molecular formula is C25H25N5O4S. The van der Waals surface area contributed by atoms with Crippen LogP contribution in [0.5, 0.6) is 5.75 Å². The van der Waals surface area contributed by atoms with Gasteiger partial charge in [0.15, 0.2) is 11.7 Å². The number of hydrogen-bond donors (Lipinski definition) is 4. The Morgan fingerprint density at radius 1 is 1.20 bits per heavy atom. The van der Waals surface area contributed by atoms with Crippen molar-refractivity contribution < 1.29 is 19.4 Å². The van der Waals surface area contributed by atoms with Gasteiger partial charge in [-0.05, 0) is 61.7 Å². The summed E-state index contributed by atoms with van der Waals surface area (Å²) in [6.07, 6.45) is 2.61. The summed E-state index contributed by atoms with van der Waals surface area (Å²) in [5, 5.41) is 27.3. The van der Waals surface area contributed by atoms with Gasteiger partial charge in [-0.2, -0.15) is 5.26 Å². The first kappa shape index (κ1) is 24.3. The number of aromatic nitrogens is 1. The Hall–Kier alpha value is -3.78. The number of anilines is 2. The van der Waals surface area contributed by atoms with Crippen molar-refractivity contribution in [1.29, 1.82) is 5.26 Å². The average Bonchev–Trinajstić information content (AvgIpc) is 3.28. The summed E-state index contributed by atoms with van der Waals surface area (Å²) in [7, 11) is 0. The summed E-state index contributed by atoms with van der Waals surface area (Å²) < 4.78 is 5.55. The van der Waals surface area contributed by atoms with Crippen LogP contribution in [-0.2, 0) is 17.6 Å². The van der Waals surface area contributed by atoms with Crippen LogP contribution in [0.3, 0.4) is 0 Å². The molecule has 3 aromatic rings. The molecule has 1 aliphatic rings. The molecular weight excluding hydrogens is 466 g/mol. The van der Waals surface area contributed by atoms with Crippen LogP contribution in [0, 0.1) is 11.3 Å². The van der Waals surface area contributed by atoms with Gasteiger partial charge in [-0.1, -0.05) is 6.07 Å². The molecule has 0 saturated carbocycles. The summed E-state index contributed by atoms with van der Waals surface area (Å²) in [5.41, 5.74) is 2.47. The molecule has 0 spiro atoms. The predicted molar refractivity (Wildman–Crippen MR) is 133 cm³/mol. The lowest BCUT2D eigenvalue weighted by Crippen LogP contribution is -2.35. The number of aliphatic hydroxyl groups excluding tert-OH is 1. The van der Waals surface area contributed by atoms with Crippen molar-refractivity contribution in [3.8, 4) is 11.8 Å². The fourth-order valence-corrected chi connectivity index (χ4v) is 4.82. The number of thiazole rings is 1. The van der Waals surface area contributed by atoms with Crippen LogP contribution < -0.4 is 20.7 Å². The van der Waals surface area contributed by atoms with Gasteiger partial charge in [0.25, 0.3) is 11.8 Å². The molecule has 1 aromatic heterocycles. The number of nitrogens with one attached hydrogen (secondary N) is 3. The number of carbonyl (C=O) groups excluding carboxylic acids is 2. The van der Waals surface area contributed by atoms with Crippen LogP contribution in [-0.4, -0.2) is 47.7 Å². The van der Waals surface area contributed by atoms with Gasteiger partial charge in [0, 0.05) is 28.7 Å². The normalized spacial score (nSPS) is 14.5. The second-order valence-electron chi connectivity index (χ2n) is 8.01. The van der Waals surface area contributed by atoms with Gasteiger partial charge in [-0.3, -0.25) is 14.9 Å². The van der Waals surface area contributed by atoms with Gasteiger partial charge in [0.1, 0.15) is 5.75 Å². The molecule has 10 heteroatoms. The molecule has 0 saturated heterocycles. The number of nitriles is 1. The number of benzene rings is 2. The van der Waals surface area contributed by atoms with Crippen molar-refractivity contribution in [2.24, 2.45) is 0 Å². The highest BCUT2D eigenvalue weighted by Gasteiger charge is 2.23. The number of rotatable bonds is 9. The Labute approximate surface area is 206 Å². The zero-order valence-corrected chi connectivity index (χ0v) is 19.7. The van der Waals surface area contributed by atoms with Gasteiger partial charge in [0.05, 0.1) is 23.9 Å². The van der Waals surface area contributed by atoms with E-state index in [9.17, 15) is 9.59 Å². The van der Waals surface area contributed by atoms with E-state index >= 15 is 0 Å². The number of ether oxygens (including phenoxy) is 1. The molecule has 4 N–H and O–H groups in total. The minimum Gasteiger partial charge on any atom is -0.484 e. The number of aliphatic hydroxyl groups is 1. The molecule has 0 radical (unpaired) electrons. The molecule has 0 bridgehead atoms. The van der Waals surface area contributed by atoms with Crippen LogP contribution in [0.4, 0.5) is 10.8 Å². The molecule has 1 atom stereocenters. The monoisotopic (exact) mass is 491 g/mol. The van der Waals surface area contributed by atoms with E-state index in [1.807, 2.05) is 6.07 Å². The molecule has 2 amide bonds. The Kier molecular flexibility index (Phi) is 8.05. The van der Waals surface area contributed by atoms with E-state index in [0.29, 0.717) is 40.3 Å². The van der Waals surface area contributed by atoms with Crippen LogP contribution in [0.15, 0.2) is 48.5 Å². The Morgan fingerprint density at radius 3 is 2.80 bits per heavy atom. The van der Waals surface area contributed by atoms with Crippen molar-refractivity contribution in [3.63, 3.8) is 0 Å². The van der Waals surface area contributed by atoms with E-state index in [1.165, 1.54) is 11.3 Å². The summed E-state index contributed by atoms with van der Waals surface area (Å²) in [4.78, 5) is 30.7. The predicted octanol–water partition coefficient (Wildman–Crippen LogP) is 2.72. The van der Waals surface area contributed by atoms with Gasteiger partial charge in [0.2, 0.25) is 0 Å². The lowest BCUT2D eigenvalue weighted by Gasteiger charge is -2.21. The Bertz CT molecular complexity index is 1240. The third kappa shape index (κ3) is 6.64. The third-order valence-corrected chi connectivity index (χ3v) is 6.50. The fraction of sp³-hybridized carbons (Fsp3) is 0.280. The quantitative estimate of drug-likeness (QED) is 0.361. The van der Waals surface area contributed by atoms with E-state index in [2.05, 4.69) is 20.9 Å². The van der Waals surface area contributed by atoms with Crippen LogP contribution in [0.2, 0.25) is 0 Å². The third-order valence-electron chi connectivity index (χ3n) is 5.47. The van der Waals surface area contributed by atoms with E-state index < -0.39 is 0 Å². The molecule has 9 nitrogen and oxygen atoms in total. The van der Waals surface area contributed by atoms with Crippen molar-refractivity contribution in [3.05, 3.63) is 70.2 Å². The number of carbonyl (C=O) groups is 2. The van der Waals surface area contributed by atoms with Gasteiger partial charge in [-0.15, -0.1) is 11.3 Å². The number of hydrogen-bond acceptors (Lipinski definition) is 8. The molecule has 1 aliphatic carbocycles. The van der Waals surface area contributed by atoms with Gasteiger partial charge in [-0.25, -0.2) is 4.98 Å². The van der Waals surface area contributed by atoms with Crippen LogP contribution >= 0.6 is 11.3 Å². The first-order valence-corrected chi connectivity index (χ1v) is 12.0. The van der Waals surface area contributed by atoms with Crippen molar-refractivity contribution in [2.45, 2.75) is 25.3 Å². The first-order chi connectivity index (χ1) is 17.0. The lowest BCUT2D eigenvalue weighted by atomic mass is 9.98. The van der Waals surface area contributed by atoms with Crippen LogP contribution in [0.25, 0.3) is 0 Å². The number of nitrogens with zero attached hydrogens (tertiary/aromatic N) is 2. The standard InChI is InChI=1S/C25H25N5O4S/c26-14-16-4-6-18(7-5-16)28-23(32)15-34-20-3-1-2-17(12-20)24(33)30-25-29-21-9-8-19(27-10-11-31)13-22(21)35-25/h1-7,12,19,27,31H,8-11,13,15H2,(H,28,32)(H,29,30,33). The fourth-order valence-electron chi connectivity index (χ4n) is 3.74. The zero-order chi connectivity index (χ0) is 24.6. The van der Waals surface area contributed by atoms with Gasteiger partial charge >= 0.3 is 0 Å². The maximum atomic E-state index is 12.8. The zero-order valence-electron chi connectivity index (χ0n) is 18.9. The smallest absolute Gasteiger partial charge is 0.262 e. The summed E-state index contributed by atoms with van der Waals surface area (Å²) in [6.45, 7) is 0.450. The molecule has 0 fully saturated rings. The topological polar surface area (TPSA) is 136 Å². The highest BCUT2D eigenvalue weighted by atomic mass is 32.1. The SMILES string of the molecule is N#Cc1ccc(NC(=O)COc2cccc(C(=O)Nc3nc4c(s3)CC(NCCO)CC4)c2)cc1. The molecule has 4 rings (SSSR count). The second kappa shape index (κ2) is 11.6. The van der Waals surface area contributed by atoms with Crippen LogP contribution in [0.1, 0.15) is 32.9 Å².